The van der Waals surface area contributed by atoms with Gasteiger partial charge >= 0.3 is 0 Å². The van der Waals surface area contributed by atoms with Crippen molar-refractivity contribution in [1.29, 1.82) is 10.5 Å². The van der Waals surface area contributed by atoms with Crippen LogP contribution < -0.4 is 0 Å². The zero-order chi connectivity index (χ0) is 12.0. The molecule has 16 heavy (non-hydrogen) atoms. The molecule has 0 N–H and O–H groups in total. The van der Waals surface area contributed by atoms with Crippen molar-refractivity contribution in [3.05, 3.63) is 46.0 Å². The van der Waals surface area contributed by atoms with Gasteiger partial charge in [-0.05, 0) is 17.7 Å². The number of benzene rings is 1. The number of nitrogens with zero attached hydrogens (tertiary/aromatic N) is 3. The maximum Gasteiger partial charge on any atom is 0.269 e. The normalized spacial score (nSPS) is 9.94. The summed E-state index contributed by atoms with van der Waals surface area (Å²) in [6.45, 7) is 0. The highest BCUT2D eigenvalue weighted by atomic mass is 16.6. The van der Waals surface area contributed by atoms with Crippen LogP contribution in [0.3, 0.4) is 0 Å². The summed E-state index contributed by atoms with van der Waals surface area (Å²) >= 11 is 0. The average Bonchev–Trinajstić information content (AvgIpc) is 2.31. The van der Waals surface area contributed by atoms with Gasteiger partial charge in [-0.25, -0.2) is 0 Å². The first-order valence-corrected chi connectivity index (χ1v) is 4.39. The second kappa shape index (κ2) is 5.28. The molecule has 0 aliphatic heterocycles. The van der Waals surface area contributed by atoms with Crippen molar-refractivity contribution in [1.82, 2.24) is 0 Å². The Hall–Kier alpha value is -2.66. The van der Waals surface area contributed by atoms with Crippen LogP contribution in [0.4, 0.5) is 5.69 Å². The Kier molecular flexibility index (Phi) is 3.77. The Balaban J connectivity index is 2.81. The van der Waals surface area contributed by atoms with Crippen molar-refractivity contribution in [2.45, 2.75) is 0 Å². The number of rotatable bonds is 3. The summed E-state index contributed by atoms with van der Waals surface area (Å²) in [4.78, 5) is 9.89. The predicted molar refractivity (Wildman–Crippen MR) is 56.8 cm³/mol. The van der Waals surface area contributed by atoms with Gasteiger partial charge in [0.2, 0.25) is 0 Å². The van der Waals surface area contributed by atoms with Crippen LogP contribution in [0, 0.1) is 38.7 Å². The van der Waals surface area contributed by atoms with Crippen LogP contribution in [-0.2, 0) is 0 Å². The quantitative estimate of drug-likeness (QED) is 0.568. The van der Waals surface area contributed by atoms with E-state index in [-0.39, 0.29) is 5.69 Å². The minimum Gasteiger partial charge on any atom is -0.258 e. The van der Waals surface area contributed by atoms with Crippen LogP contribution >= 0.6 is 0 Å². The summed E-state index contributed by atoms with van der Waals surface area (Å²) < 4.78 is 0. The lowest BCUT2D eigenvalue weighted by Gasteiger charge is -1.93. The van der Waals surface area contributed by atoms with Crippen molar-refractivity contribution in [2.75, 3.05) is 0 Å². The molecule has 0 atom stereocenters. The van der Waals surface area contributed by atoms with E-state index in [1.54, 1.807) is 30.3 Å². The summed E-state index contributed by atoms with van der Waals surface area (Å²) in [5.41, 5.74) is 0.718. The van der Waals surface area contributed by atoms with E-state index in [2.05, 4.69) is 0 Å². The monoisotopic (exact) mass is 213 g/mol. The van der Waals surface area contributed by atoms with Gasteiger partial charge in [0.05, 0.1) is 17.1 Å². The smallest absolute Gasteiger partial charge is 0.258 e. The standard InChI is InChI=1S/C11H7N3O2/c12-7-10(8-13)2-1-9-3-5-11(6-4-9)14(15)16/h1-6,10H. The first-order chi connectivity index (χ1) is 7.67. The minimum atomic E-state index is -0.796. The van der Waals surface area contributed by atoms with Crippen LogP contribution in [0.15, 0.2) is 30.3 Å². The van der Waals surface area contributed by atoms with Crippen molar-refractivity contribution in [2.24, 2.45) is 5.92 Å². The van der Waals surface area contributed by atoms with Gasteiger partial charge in [0.15, 0.2) is 5.92 Å². The van der Waals surface area contributed by atoms with Gasteiger partial charge in [0.1, 0.15) is 0 Å². The molecule has 1 aromatic rings. The van der Waals surface area contributed by atoms with E-state index in [1.165, 1.54) is 18.2 Å². The van der Waals surface area contributed by atoms with E-state index in [1.807, 2.05) is 0 Å². The molecule has 0 bridgehead atoms. The molecule has 0 aromatic heterocycles. The number of allylic oxidation sites excluding steroid dienone is 1. The third kappa shape index (κ3) is 2.93. The highest BCUT2D eigenvalue weighted by Gasteiger charge is 2.03. The molecule has 0 radical (unpaired) electrons. The number of hydrogen-bond acceptors (Lipinski definition) is 4. The molecule has 0 unspecified atom stereocenters. The summed E-state index contributed by atoms with van der Waals surface area (Å²) in [6.07, 6.45) is 3.03. The summed E-state index contributed by atoms with van der Waals surface area (Å²) in [6, 6.07) is 9.44. The molecule has 0 saturated carbocycles. The third-order valence-corrected chi connectivity index (χ3v) is 1.86. The lowest BCUT2D eigenvalue weighted by Crippen LogP contribution is -1.87. The van der Waals surface area contributed by atoms with Gasteiger partial charge in [-0.15, -0.1) is 0 Å². The maximum atomic E-state index is 10.4. The molecule has 0 aliphatic rings. The molecule has 1 aromatic carbocycles. The molecule has 0 spiro atoms. The van der Waals surface area contributed by atoms with E-state index in [9.17, 15) is 10.1 Å². The first-order valence-electron chi connectivity index (χ1n) is 4.39. The van der Waals surface area contributed by atoms with Gasteiger partial charge in [0.25, 0.3) is 5.69 Å². The predicted octanol–water partition coefficient (Wildman–Crippen LogP) is 2.27. The molecular weight excluding hydrogens is 206 g/mol. The molecule has 0 amide bonds. The lowest BCUT2D eigenvalue weighted by atomic mass is 10.1. The zero-order valence-electron chi connectivity index (χ0n) is 8.20. The Bertz CT molecular complexity index is 477. The van der Waals surface area contributed by atoms with Gasteiger partial charge in [-0.1, -0.05) is 12.2 Å². The number of hydrogen-bond donors (Lipinski definition) is 0. The van der Waals surface area contributed by atoms with Gasteiger partial charge < -0.3 is 0 Å². The molecule has 5 nitrogen and oxygen atoms in total. The first kappa shape index (κ1) is 11.4. The Morgan fingerprint density at radius 3 is 2.25 bits per heavy atom. The number of nitriles is 2. The third-order valence-electron chi connectivity index (χ3n) is 1.86. The Morgan fingerprint density at radius 2 is 1.81 bits per heavy atom. The van der Waals surface area contributed by atoms with Crippen LogP contribution in [0.25, 0.3) is 6.08 Å². The summed E-state index contributed by atoms with van der Waals surface area (Å²) in [5.74, 6) is -0.796. The fourth-order valence-corrected chi connectivity index (χ4v) is 1.03. The van der Waals surface area contributed by atoms with Crippen LogP contribution in [0.2, 0.25) is 0 Å². The van der Waals surface area contributed by atoms with E-state index < -0.39 is 10.8 Å². The van der Waals surface area contributed by atoms with E-state index >= 15 is 0 Å². The van der Waals surface area contributed by atoms with Crippen LogP contribution in [-0.4, -0.2) is 4.92 Å². The van der Waals surface area contributed by atoms with Crippen molar-refractivity contribution in [3.63, 3.8) is 0 Å². The van der Waals surface area contributed by atoms with Crippen molar-refractivity contribution < 1.29 is 4.92 Å². The molecule has 0 aliphatic carbocycles. The molecule has 1 rings (SSSR count). The minimum absolute atomic E-state index is 0.00858. The van der Waals surface area contributed by atoms with Gasteiger partial charge in [-0.2, -0.15) is 10.5 Å². The Labute approximate surface area is 92.0 Å². The van der Waals surface area contributed by atoms with Crippen LogP contribution in [0.5, 0.6) is 0 Å². The van der Waals surface area contributed by atoms with Gasteiger partial charge in [-0.3, -0.25) is 10.1 Å². The molecule has 0 heterocycles. The molecule has 78 valence electrons. The fraction of sp³-hybridized carbons (Fsp3) is 0.0909. The topological polar surface area (TPSA) is 90.7 Å². The summed E-state index contributed by atoms with van der Waals surface area (Å²) in [7, 11) is 0. The average molecular weight is 213 g/mol. The molecular formula is C11H7N3O2. The van der Waals surface area contributed by atoms with Crippen LogP contribution in [0.1, 0.15) is 5.56 Å². The summed E-state index contributed by atoms with van der Waals surface area (Å²) in [5, 5.41) is 27.4. The van der Waals surface area contributed by atoms with E-state index in [0.29, 0.717) is 5.56 Å². The highest BCUT2D eigenvalue weighted by Crippen LogP contribution is 2.13. The lowest BCUT2D eigenvalue weighted by molar-refractivity contribution is -0.384. The number of non-ortho nitro benzene ring substituents is 1. The van der Waals surface area contributed by atoms with E-state index in [0.717, 1.165) is 0 Å². The highest BCUT2D eigenvalue weighted by molar-refractivity contribution is 5.52. The van der Waals surface area contributed by atoms with E-state index in [4.69, 9.17) is 10.5 Å². The zero-order valence-corrected chi connectivity index (χ0v) is 8.20. The van der Waals surface area contributed by atoms with Gasteiger partial charge in [0, 0.05) is 12.1 Å². The molecule has 0 fully saturated rings. The SMILES string of the molecule is N#CC(C#N)C=Cc1ccc([N+](=O)[O-])cc1. The molecule has 5 heteroatoms. The van der Waals surface area contributed by atoms with Crippen molar-refractivity contribution in [3.8, 4) is 12.1 Å². The number of nitro groups is 1. The Morgan fingerprint density at radius 1 is 1.25 bits per heavy atom. The second-order valence-electron chi connectivity index (χ2n) is 2.94. The fourth-order valence-electron chi connectivity index (χ4n) is 1.03. The van der Waals surface area contributed by atoms with Crippen molar-refractivity contribution >= 4 is 11.8 Å². The second-order valence-corrected chi connectivity index (χ2v) is 2.94. The maximum absolute atomic E-state index is 10.4. The molecule has 0 saturated heterocycles. The largest absolute Gasteiger partial charge is 0.269 e. The number of nitro benzene ring substituents is 1.